The summed E-state index contributed by atoms with van der Waals surface area (Å²) in [5.74, 6) is -1.64. The highest BCUT2D eigenvalue weighted by Crippen LogP contribution is 2.33. The molecule has 1 amide bonds. The molecule has 0 bridgehead atoms. The van der Waals surface area contributed by atoms with Crippen molar-refractivity contribution in [2.75, 3.05) is 13.6 Å². The van der Waals surface area contributed by atoms with Crippen molar-refractivity contribution in [3.8, 4) is 9.88 Å². The zero-order valence-electron chi connectivity index (χ0n) is 13.6. The molecule has 0 aliphatic carbocycles. The van der Waals surface area contributed by atoms with E-state index < -0.39 is 17.3 Å². The molecule has 0 aliphatic rings. The van der Waals surface area contributed by atoms with Gasteiger partial charge in [-0.05, 0) is 25.3 Å². The van der Waals surface area contributed by atoms with Crippen molar-refractivity contribution in [1.29, 1.82) is 0 Å². The van der Waals surface area contributed by atoms with Gasteiger partial charge in [-0.3, -0.25) is 9.59 Å². The van der Waals surface area contributed by atoms with Gasteiger partial charge in [0, 0.05) is 19.0 Å². The second kappa shape index (κ2) is 6.80. The second-order valence-electron chi connectivity index (χ2n) is 6.07. The minimum absolute atomic E-state index is 0.131. The molecule has 0 aromatic carbocycles. The zero-order valence-corrected chi connectivity index (χ0v) is 15.2. The number of carboxylic acid groups (broad SMARTS) is 1. The summed E-state index contributed by atoms with van der Waals surface area (Å²) in [5.41, 5.74) is -0.0790. The quantitative estimate of drug-likeness (QED) is 0.866. The average molecular weight is 352 g/mol. The Hall–Kier alpha value is -1.73. The first-order chi connectivity index (χ1) is 10.7. The van der Waals surface area contributed by atoms with E-state index in [1.54, 1.807) is 25.3 Å². The summed E-state index contributed by atoms with van der Waals surface area (Å²) >= 11 is 3.13. The number of hydrogen-bond donors (Lipinski definition) is 1. The molecule has 0 fully saturated rings. The van der Waals surface area contributed by atoms with E-state index in [1.807, 2.05) is 36.7 Å². The molecule has 0 radical (unpaired) electrons. The fourth-order valence-electron chi connectivity index (χ4n) is 2.23. The fraction of sp³-hybridized carbons (Fsp3) is 0.438. The first-order valence-corrected chi connectivity index (χ1v) is 8.97. The van der Waals surface area contributed by atoms with Crippen molar-refractivity contribution in [2.24, 2.45) is 5.92 Å². The number of hydrogen-bond acceptors (Lipinski definition) is 5. The molecule has 2 rings (SSSR count). The van der Waals surface area contributed by atoms with Gasteiger partial charge in [0.1, 0.15) is 5.01 Å². The highest BCUT2D eigenvalue weighted by Gasteiger charge is 2.35. The highest BCUT2D eigenvalue weighted by molar-refractivity contribution is 7.20. The molecular formula is C16H20N2O3S2. The van der Waals surface area contributed by atoms with E-state index in [0.29, 0.717) is 5.69 Å². The van der Waals surface area contributed by atoms with Crippen molar-refractivity contribution in [3.63, 3.8) is 0 Å². The molecule has 0 spiro atoms. The van der Waals surface area contributed by atoms with Crippen LogP contribution in [0.15, 0.2) is 22.9 Å². The van der Waals surface area contributed by atoms with Crippen molar-refractivity contribution in [1.82, 2.24) is 9.88 Å². The Bertz CT molecular complexity index is 692. The minimum Gasteiger partial charge on any atom is -0.481 e. The molecule has 1 unspecified atom stereocenters. The number of aromatic nitrogens is 1. The van der Waals surface area contributed by atoms with Gasteiger partial charge in [-0.25, -0.2) is 4.98 Å². The van der Waals surface area contributed by atoms with Gasteiger partial charge < -0.3 is 10.0 Å². The second-order valence-corrected chi connectivity index (χ2v) is 7.87. The molecule has 124 valence electrons. The van der Waals surface area contributed by atoms with E-state index in [0.717, 1.165) is 9.88 Å². The van der Waals surface area contributed by atoms with Gasteiger partial charge in [0.15, 0.2) is 0 Å². The number of thiazole rings is 1. The van der Waals surface area contributed by atoms with Gasteiger partial charge in [0.05, 0.1) is 21.9 Å². The number of thiophene rings is 1. The molecule has 7 heteroatoms. The van der Waals surface area contributed by atoms with Gasteiger partial charge >= 0.3 is 5.97 Å². The van der Waals surface area contributed by atoms with Gasteiger partial charge in [0.25, 0.3) is 0 Å². The number of amides is 1. The molecule has 2 aromatic heterocycles. The Morgan fingerprint density at radius 3 is 2.65 bits per heavy atom. The molecule has 0 aliphatic heterocycles. The monoisotopic (exact) mass is 352 g/mol. The molecule has 0 saturated carbocycles. The van der Waals surface area contributed by atoms with Gasteiger partial charge in [-0.1, -0.05) is 13.0 Å². The van der Waals surface area contributed by atoms with Crippen LogP contribution in [-0.2, 0) is 15.0 Å². The Labute approximate surface area is 143 Å². The minimum atomic E-state index is -0.906. The highest BCUT2D eigenvalue weighted by atomic mass is 32.1. The van der Waals surface area contributed by atoms with Gasteiger partial charge in [-0.2, -0.15) is 0 Å². The molecule has 0 saturated heterocycles. The van der Waals surface area contributed by atoms with Crippen LogP contribution in [0.5, 0.6) is 0 Å². The Morgan fingerprint density at radius 1 is 1.39 bits per heavy atom. The topological polar surface area (TPSA) is 70.5 Å². The normalized spacial score (nSPS) is 12.9. The largest absolute Gasteiger partial charge is 0.481 e. The van der Waals surface area contributed by atoms with Crippen LogP contribution in [0, 0.1) is 5.92 Å². The molecular weight excluding hydrogens is 332 g/mol. The van der Waals surface area contributed by atoms with Crippen LogP contribution >= 0.6 is 22.7 Å². The van der Waals surface area contributed by atoms with Crippen molar-refractivity contribution >= 4 is 34.6 Å². The van der Waals surface area contributed by atoms with Crippen molar-refractivity contribution in [2.45, 2.75) is 26.2 Å². The van der Waals surface area contributed by atoms with E-state index >= 15 is 0 Å². The van der Waals surface area contributed by atoms with Crippen LogP contribution in [0.25, 0.3) is 9.88 Å². The number of aliphatic carboxylic acids is 1. The molecule has 2 heterocycles. The number of carboxylic acids is 1. The number of rotatable bonds is 6. The van der Waals surface area contributed by atoms with Crippen LogP contribution in [-0.4, -0.2) is 40.5 Å². The summed E-state index contributed by atoms with van der Waals surface area (Å²) in [4.78, 5) is 30.8. The van der Waals surface area contributed by atoms with Crippen molar-refractivity contribution < 1.29 is 14.7 Å². The summed E-state index contributed by atoms with van der Waals surface area (Å²) in [7, 11) is 1.63. The summed E-state index contributed by atoms with van der Waals surface area (Å²) < 4.78 is 0. The first kappa shape index (κ1) is 17.6. The van der Waals surface area contributed by atoms with Crippen LogP contribution < -0.4 is 0 Å². The Morgan fingerprint density at radius 2 is 2.09 bits per heavy atom. The lowest BCUT2D eigenvalue weighted by atomic mass is 9.88. The molecule has 1 N–H and O–H groups in total. The van der Waals surface area contributed by atoms with E-state index in [9.17, 15) is 9.59 Å². The predicted molar refractivity (Wildman–Crippen MR) is 92.9 cm³/mol. The van der Waals surface area contributed by atoms with Gasteiger partial charge in [-0.15, -0.1) is 22.7 Å². The van der Waals surface area contributed by atoms with E-state index in [2.05, 4.69) is 4.98 Å². The lowest BCUT2D eigenvalue weighted by Crippen LogP contribution is -2.44. The van der Waals surface area contributed by atoms with Crippen LogP contribution in [0.1, 0.15) is 26.5 Å². The zero-order chi connectivity index (χ0) is 17.2. The third kappa shape index (κ3) is 3.79. The van der Waals surface area contributed by atoms with E-state index in [1.165, 1.54) is 16.2 Å². The lowest BCUT2D eigenvalue weighted by molar-refractivity contribution is -0.143. The molecule has 2 aromatic rings. The Balaban J connectivity index is 2.17. The summed E-state index contributed by atoms with van der Waals surface area (Å²) in [6.07, 6.45) is 0. The third-order valence-corrected chi connectivity index (χ3v) is 5.61. The standard InChI is InChI=1S/C16H20N2O3S2/c1-10(14(19)20)8-18(4)15(21)16(2,3)12-9-23-13(17-12)11-6-5-7-22-11/h5-7,9-10H,8H2,1-4H3,(H,19,20). The van der Waals surface area contributed by atoms with Crippen LogP contribution in [0.4, 0.5) is 0 Å². The van der Waals surface area contributed by atoms with E-state index in [4.69, 9.17) is 5.11 Å². The van der Waals surface area contributed by atoms with E-state index in [-0.39, 0.29) is 12.5 Å². The maximum Gasteiger partial charge on any atom is 0.308 e. The predicted octanol–water partition coefficient (Wildman–Crippen LogP) is 3.33. The van der Waals surface area contributed by atoms with Gasteiger partial charge in [0.2, 0.25) is 5.91 Å². The SMILES string of the molecule is CC(CN(C)C(=O)C(C)(C)c1csc(-c2cccs2)n1)C(=O)O. The molecule has 1 atom stereocenters. The maximum absolute atomic E-state index is 12.7. The number of likely N-dealkylation sites (N-methyl/N-ethyl adjacent to an activating group) is 1. The third-order valence-electron chi connectivity index (χ3n) is 3.73. The van der Waals surface area contributed by atoms with Crippen LogP contribution in [0.2, 0.25) is 0 Å². The fourth-order valence-corrected chi connectivity index (χ4v) is 4.03. The molecule has 5 nitrogen and oxygen atoms in total. The molecule has 23 heavy (non-hydrogen) atoms. The van der Waals surface area contributed by atoms with Crippen LogP contribution in [0.3, 0.4) is 0 Å². The summed E-state index contributed by atoms with van der Waals surface area (Å²) in [6, 6.07) is 3.97. The average Bonchev–Trinajstić information content (AvgIpc) is 3.16. The maximum atomic E-state index is 12.7. The smallest absolute Gasteiger partial charge is 0.308 e. The summed E-state index contributed by atoms with van der Waals surface area (Å²) in [6.45, 7) is 5.42. The van der Waals surface area contributed by atoms with Crippen molar-refractivity contribution in [3.05, 3.63) is 28.6 Å². The Kier molecular flexibility index (Phi) is 5.21. The first-order valence-electron chi connectivity index (χ1n) is 7.21. The summed E-state index contributed by atoms with van der Waals surface area (Å²) in [5, 5.41) is 13.8. The lowest BCUT2D eigenvalue weighted by Gasteiger charge is -2.29. The number of carbonyl (C=O) groups excluding carboxylic acids is 1. The number of carbonyl (C=O) groups is 2. The number of nitrogens with zero attached hydrogens (tertiary/aromatic N) is 2.